The smallest absolute Gasteiger partial charge is 0.256 e. The second kappa shape index (κ2) is 5.69. The highest BCUT2D eigenvalue weighted by molar-refractivity contribution is 5.95. The van der Waals surface area contributed by atoms with E-state index in [1.807, 2.05) is 0 Å². The van der Waals surface area contributed by atoms with Crippen molar-refractivity contribution in [3.05, 3.63) is 65.2 Å². The molecule has 2 aromatic rings. The van der Waals surface area contributed by atoms with Crippen molar-refractivity contribution >= 4 is 11.6 Å². The summed E-state index contributed by atoms with van der Waals surface area (Å²) < 4.78 is 27.1. The molecule has 2 aromatic carbocycles. The Balaban J connectivity index is 2.21. The molecule has 3 nitrogen and oxygen atoms in total. The number of hydrogen-bond donors (Lipinski definition) is 1. The van der Waals surface area contributed by atoms with E-state index in [1.165, 1.54) is 30.1 Å². The van der Waals surface area contributed by atoms with Crippen LogP contribution in [0.4, 0.5) is 14.5 Å². The summed E-state index contributed by atoms with van der Waals surface area (Å²) in [6.07, 6.45) is 0. The van der Waals surface area contributed by atoms with Gasteiger partial charge in [0.2, 0.25) is 0 Å². The van der Waals surface area contributed by atoms with Crippen molar-refractivity contribution in [1.29, 1.82) is 0 Å². The number of benzene rings is 2. The van der Waals surface area contributed by atoms with Crippen molar-refractivity contribution in [3.8, 4) is 0 Å². The molecule has 0 saturated carbocycles. The zero-order valence-corrected chi connectivity index (χ0v) is 10.9. The second-order valence-corrected chi connectivity index (χ2v) is 4.49. The van der Waals surface area contributed by atoms with E-state index in [0.717, 1.165) is 6.07 Å². The predicted molar refractivity (Wildman–Crippen MR) is 73.0 cm³/mol. The molecule has 0 spiro atoms. The molecule has 0 aromatic heterocycles. The maximum absolute atomic E-state index is 13.6. The van der Waals surface area contributed by atoms with Gasteiger partial charge >= 0.3 is 0 Å². The highest BCUT2D eigenvalue weighted by atomic mass is 19.1. The van der Waals surface area contributed by atoms with E-state index in [1.54, 1.807) is 18.2 Å². The maximum Gasteiger partial charge on any atom is 0.256 e. The number of nitrogens with two attached hydrogens (primary N) is 1. The van der Waals surface area contributed by atoms with Gasteiger partial charge in [0.15, 0.2) is 0 Å². The number of carbonyl (C=O) groups is 1. The van der Waals surface area contributed by atoms with Crippen LogP contribution in [-0.4, -0.2) is 17.9 Å². The van der Waals surface area contributed by atoms with E-state index in [2.05, 4.69) is 0 Å². The van der Waals surface area contributed by atoms with Crippen molar-refractivity contribution in [2.24, 2.45) is 0 Å². The molecule has 0 fully saturated rings. The third-order valence-electron chi connectivity index (χ3n) is 2.93. The molecule has 20 heavy (non-hydrogen) atoms. The molecule has 0 aliphatic rings. The van der Waals surface area contributed by atoms with Gasteiger partial charge in [0.05, 0.1) is 5.56 Å². The Morgan fingerprint density at radius 1 is 1.15 bits per heavy atom. The van der Waals surface area contributed by atoms with Crippen LogP contribution in [0.25, 0.3) is 0 Å². The number of nitrogen functional groups attached to an aromatic ring is 1. The molecule has 0 aliphatic carbocycles. The van der Waals surface area contributed by atoms with E-state index >= 15 is 0 Å². The highest BCUT2D eigenvalue weighted by Crippen LogP contribution is 2.16. The lowest BCUT2D eigenvalue weighted by Gasteiger charge is -2.18. The van der Waals surface area contributed by atoms with Gasteiger partial charge in [0.1, 0.15) is 11.6 Å². The zero-order chi connectivity index (χ0) is 14.7. The molecule has 0 saturated heterocycles. The second-order valence-electron chi connectivity index (χ2n) is 4.49. The lowest BCUT2D eigenvalue weighted by Crippen LogP contribution is -2.27. The summed E-state index contributed by atoms with van der Waals surface area (Å²) in [5.41, 5.74) is 6.09. The topological polar surface area (TPSA) is 46.3 Å². The van der Waals surface area contributed by atoms with Gasteiger partial charge in [-0.3, -0.25) is 4.79 Å². The largest absolute Gasteiger partial charge is 0.399 e. The lowest BCUT2D eigenvalue weighted by molar-refractivity contribution is 0.0779. The van der Waals surface area contributed by atoms with Crippen LogP contribution in [0, 0.1) is 11.6 Å². The third-order valence-corrected chi connectivity index (χ3v) is 2.93. The van der Waals surface area contributed by atoms with E-state index in [0.29, 0.717) is 11.3 Å². The monoisotopic (exact) mass is 276 g/mol. The molecule has 0 atom stereocenters. The molecule has 5 heteroatoms. The van der Waals surface area contributed by atoms with Crippen LogP contribution >= 0.6 is 0 Å². The number of nitrogens with zero attached hydrogens (tertiary/aromatic N) is 1. The van der Waals surface area contributed by atoms with Gasteiger partial charge in [-0.25, -0.2) is 8.78 Å². The minimum absolute atomic E-state index is 0.0553. The van der Waals surface area contributed by atoms with E-state index in [9.17, 15) is 13.6 Å². The maximum atomic E-state index is 13.6. The fraction of sp³-hybridized carbons (Fsp3) is 0.133. The summed E-state index contributed by atoms with van der Waals surface area (Å²) in [7, 11) is 1.48. The van der Waals surface area contributed by atoms with Crippen LogP contribution in [0.2, 0.25) is 0 Å². The minimum Gasteiger partial charge on any atom is -0.399 e. The van der Waals surface area contributed by atoms with Crippen LogP contribution in [0.3, 0.4) is 0 Å². The predicted octanol–water partition coefficient (Wildman–Crippen LogP) is 2.82. The van der Waals surface area contributed by atoms with E-state index in [-0.39, 0.29) is 12.1 Å². The fourth-order valence-electron chi connectivity index (χ4n) is 1.87. The Morgan fingerprint density at radius 2 is 1.85 bits per heavy atom. The fourth-order valence-corrected chi connectivity index (χ4v) is 1.87. The standard InChI is InChI=1S/C15H14F2N2O/c1-19(9-10-4-2-3-5-13(10)16)15(20)12-8-11(18)6-7-14(12)17/h2-8H,9,18H2,1H3. The Bertz CT molecular complexity index is 644. The molecule has 2 rings (SSSR count). The molecule has 0 bridgehead atoms. The average Bonchev–Trinajstić information content (AvgIpc) is 2.43. The van der Waals surface area contributed by atoms with E-state index in [4.69, 9.17) is 5.73 Å². The molecule has 2 N–H and O–H groups in total. The van der Waals surface area contributed by atoms with E-state index < -0.39 is 17.5 Å². The number of anilines is 1. The Hall–Kier alpha value is -2.43. The van der Waals surface area contributed by atoms with Gasteiger partial charge < -0.3 is 10.6 Å². The van der Waals surface area contributed by atoms with Crippen molar-refractivity contribution in [1.82, 2.24) is 4.90 Å². The van der Waals surface area contributed by atoms with Crippen molar-refractivity contribution < 1.29 is 13.6 Å². The molecule has 104 valence electrons. The molecule has 0 unspecified atom stereocenters. The Morgan fingerprint density at radius 3 is 2.55 bits per heavy atom. The van der Waals surface area contributed by atoms with Crippen LogP contribution in [-0.2, 0) is 6.54 Å². The van der Waals surface area contributed by atoms with Gasteiger partial charge in [-0.05, 0) is 24.3 Å². The summed E-state index contributed by atoms with van der Waals surface area (Å²) >= 11 is 0. The first-order chi connectivity index (χ1) is 9.49. The number of rotatable bonds is 3. The number of hydrogen-bond acceptors (Lipinski definition) is 2. The summed E-state index contributed by atoms with van der Waals surface area (Å²) in [6.45, 7) is 0.0553. The van der Waals surface area contributed by atoms with Crippen molar-refractivity contribution in [2.75, 3.05) is 12.8 Å². The van der Waals surface area contributed by atoms with Gasteiger partial charge in [-0.15, -0.1) is 0 Å². The number of carbonyl (C=O) groups excluding carboxylic acids is 1. The number of halogens is 2. The SMILES string of the molecule is CN(Cc1ccccc1F)C(=O)c1cc(N)ccc1F. The lowest BCUT2D eigenvalue weighted by atomic mass is 10.1. The molecular formula is C15H14F2N2O. The summed E-state index contributed by atoms with van der Waals surface area (Å²) in [4.78, 5) is 13.4. The molecular weight excluding hydrogens is 262 g/mol. The average molecular weight is 276 g/mol. The normalized spacial score (nSPS) is 10.3. The third kappa shape index (κ3) is 2.93. The Labute approximate surface area is 115 Å². The summed E-state index contributed by atoms with van der Waals surface area (Å²) in [6, 6.07) is 9.93. The van der Waals surface area contributed by atoms with Crippen molar-refractivity contribution in [3.63, 3.8) is 0 Å². The summed E-state index contributed by atoms with van der Waals surface area (Å²) in [5.74, 6) is -1.59. The highest BCUT2D eigenvalue weighted by Gasteiger charge is 2.17. The van der Waals surface area contributed by atoms with Gasteiger partial charge in [-0.2, -0.15) is 0 Å². The van der Waals surface area contributed by atoms with Crippen LogP contribution in [0.5, 0.6) is 0 Å². The quantitative estimate of drug-likeness (QED) is 0.876. The Kier molecular flexibility index (Phi) is 3.98. The van der Waals surface area contributed by atoms with Gasteiger partial charge in [0.25, 0.3) is 5.91 Å². The van der Waals surface area contributed by atoms with Gasteiger partial charge in [-0.1, -0.05) is 18.2 Å². The zero-order valence-electron chi connectivity index (χ0n) is 10.9. The molecule has 1 amide bonds. The first-order valence-electron chi connectivity index (χ1n) is 6.03. The van der Waals surface area contributed by atoms with Crippen molar-refractivity contribution in [2.45, 2.75) is 6.54 Å². The van der Waals surface area contributed by atoms with Crippen LogP contribution in [0.1, 0.15) is 15.9 Å². The van der Waals surface area contributed by atoms with Crippen LogP contribution in [0.15, 0.2) is 42.5 Å². The first kappa shape index (κ1) is 14.0. The van der Waals surface area contributed by atoms with Crippen LogP contribution < -0.4 is 5.73 Å². The summed E-state index contributed by atoms with van der Waals surface area (Å²) in [5, 5.41) is 0. The molecule has 0 radical (unpaired) electrons. The molecule has 0 heterocycles. The minimum atomic E-state index is -0.649. The molecule has 0 aliphatic heterocycles. The number of amides is 1. The van der Waals surface area contributed by atoms with Gasteiger partial charge in [0, 0.05) is 24.8 Å². The first-order valence-corrected chi connectivity index (χ1v) is 6.03.